The summed E-state index contributed by atoms with van der Waals surface area (Å²) < 4.78 is 26.1. The molecule has 0 atom stereocenters. The molecule has 1 aliphatic heterocycles. The molecule has 172 valence electrons. The minimum atomic E-state index is -2.60. The van der Waals surface area contributed by atoms with Gasteiger partial charge in [0.1, 0.15) is 5.82 Å². The molecule has 0 aliphatic carbocycles. The first-order valence-corrected chi connectivity index (χ1v) is 11.2. The molecule has 34 heavy (non-hydrogen) atoms. The molecule has 4 heterocycles. The predicted octanol–water partition coefficient (Wildman–Crippen LogP) is 5.35. The Morgan fingerprint density at radius 1 is 1.03 bits per heavy atom. The smallest absolute Gasteiger partial charge is 0.265 e. The third-order valence-electron chi connectivity index (χ3n) is 6.08. The van der Waals surface area contributed by atoms with Crippen molar-refractivity contribution in [1.82, 2.24) is 20.3 Å². The van der Waals surface area contributed by atoms with Gasteiger partial charge in [0.15, 0.2) is 0 Å². The number of halogens is 2. The molecule has 8 heteroatoms. The maximum absolute atomic E-state index is 13.0. The number of hydrogen-bond donors (Lipinski definition) is 2. The zero-order valence-electron chi connectivity index (χ0n) is 18.3. The molecule has 1 aromatic carbocycles. The monoisotopic (exact) mass is 459 g/mol. The molecular formula is C26H23F2N5O. The maximum Gasteiger partial charge on any atom is 0.265 e. The van der Waals surface area contributed by atoms with Crippen LogP contribution in [-0.2, 0) is 0 Å². The largest absolute Gasteiger partial charge is 0.317 e. The molecule has 6 nitrogen and oxygen atoms in total. The molecule has 0 spiro atoms. The van der Waals surface area contributed by atoms with Crippen molar-refractivity contribution in [3.63, 3.8) is 0 Å². The lowest BCUT2D eigenvalue weighted by atomic mass is 9.89. The van der Waals surface area contributed by atoms with Gasteiger partial charge < -0.3 is 10.6 Å². The van der Waals surface area contributed by atoms with Gasteiger partial charge in [0.25, 0.3) is 12.3 Å². The number of carbonyl (C=O) groups excluding carboxylic acids is 1. The van der Waals surface area contributed by atoms with Crippen LogP contribution in [0.1, 0.15) is 46.7 Å². The number of alkyl halides is 2. The molecule has 2 N–H and O–H groups in total. The van der Waals surface area contributed by atoms with Crippen molar-refractivity contribution >= 4 is 22.6 Å². The number of benzene rings is 1. The Kier molecular flexibility index (Phi) is 6.22. The molecule has 4 aromatic rings. The number of rotatable bonds is 5. The zero-order valence-corrected chi connectivity index (χ0v) is 18.3. The zero-order chi connectivity index (χ0) is 23.5. The highest BCUT2D eigenvalue weighted by Gasteiger charge is 2.17. The van der Waals surface area contributed by atoms with E-state index in [2.05, 4.69) is 31.7 Å². The van der Waals surface area contributed by atoms with Crippen LogP contribution in [0.4, 0.5) is 14.6 Å². The summed E-state index contributed by atoms with van der Waals surface area (Å²) in [6.45, 7) is 1.97. The number of aromatic nitrogens is 3. The van der Waals surface area contributed by atoms with Gasteiger partial charge in [-0.25, -0.2) is 18.7 Å². The average molecular weight is 460 g/mol. The number of fused-ring (bicyclic) bond motifs is 1. The van der Waals surface area contributed by atoms with Gasteiger partial charge in [-0.2, -0.15) is 0 Å². The minimum absolute atomic E-state index is 0.159. The van der Waals surface area contributed by atoms with Crippen molar-refractivity contribution in [2.45, 2.75) is 25.2 Å². The first kappa shape index (κ1) is 22.0. The number of carbonyl (C=O) groups is 1. The van der Waals surface area contributed by atoms with Gasteiger partial charge in [-0.3, -0.25) is 9.78 Å². The summed E-state index contributed by atoms with van der Waals surface area (Å²) in [6, 6.07) is 14.3. The number of hydrogen-bond acceptors (Lipinski definition) is 5. The molecule has 0 saturated carbocycles. The lowest BCUT2D eigenvalue weighted by Crippen LogP contribution is -2.26. The van der Waals surface area contributed by atoms with Gasteiger partial charge in [-0.05, 0) is 67.7 Å². The van der Waals surface area contributed by atoms with Crippen molar-refractivity contribution in [3.05, 3.63) is 83.8 Å². The fourth-order valence-corrected chi connectivity index (χ4v) is 4.24. The quantitative estimate of drug-likeness (QED) is 0.421. The van der Waals surface area contributed by atoms with E-state index in [1.165, 1.54) is 17.8 Å². The Morgan fingerprint density at radius 2 is 1.88 bits per heavy atom. The van der Waals surface area contributed by atoms with Crippen LogP contribution in [-0.4, -0.2) is 33.9 Å². The van der Waals surface area contributed by atoms with Crippen LogP contribution in [0.3, 0.4) is 0 Å². The molecule has 1 amide bonds. The van der Waals surface area contributed by atoms with E-state index in [4.69, 9.17) is 0 Å². The number of amides is 1. The molecule has 1 aliphatic rings. The summed E-state index contributed by atoms with van der Waals surface area (Å²) in [7, 11) is 0. The minimum Gasteiger partial charge on any atom is -0.317 e. The fourth-order valence-electron chi connectivity index (χ4n) is 4.24. The second-order valence-corrected chi connectivity index (χ2v) is 8.37. The molecule has 0 unspecified atom stereocenters. The van der Waals surface area contributed by atoms with Crippen LogP contribution in [0.15, 0.2) is 67.1 Å². The fraction of sp³-hybridized carbons (Fsp3) is 0.231. The van der Waals surface area contributed by atoms with Gasteiger partial charge >= 0.3 is 0 Å². The standard InChI is InChI=1S/C26H23F2N5O/c27-25(28)21-11-20(13-30-14-21)22-5-4-19-15-31-24(12-23(19)32-22)33-26(34)18-3-1-2-17(10-18)16-6-8-29-9-7-16/h1-5,10-16,25,29H,6-9H2,(H,31,33,34). The molecule has 5 rings (SSSR count). The van der Waals surface area contributed by atoms with Crippen LogP contribution in [0.2, 0.25) is 0 Å². The van der Waals surface area contributed by atoms with E-state index in [1.54, 1.807) is 24.4 Å². The van der Waals surface area contributed by atoms with E-state index in [0.29, 0.717) is 34.1 Å². The molecule has 0 radical (unpaired) electrons. The second-order valence-electron chi connectivity index (χ2n) is 8.37. The second kappa shape index (κ2) is 9.61. The SMILES string of the molecule is O=C(Nc1cc2nc(-c3cncc(C(F)F)c3)ccc2cn1)c1cccc(C2CCNCC2)c1. The Balaban J connectivity index is 1.38. The van der Waals surface area contributed by atoms with Crippen LogP contribution in [0.5, 0.6) is 0 Å². The molecular weight excluding hydrogens is 436 g/mol. The van der Waals surface area contributed by atoms with Crippen molar-refractivity contribution in [3.8, 4) is 11.3 Å². The average Bonchev–Trinajstić information content (AvgIpc) is 2.89. The van der Waals surface area contributed by atoms with Gasteiger partial charge in [0.2, 0.25) is 0 Å². The van der Waals surface area contributed by atoms with E-state index in [9.17, 15) is 13.6 Å². The Bertz CT molecular complexity index is 1340. The number of nitrogens with zero attached hydrogens (tertiary/aromatic N) is 3. The summed E-state index contributed by atoms with van der Waals surface area (Å²) in [5.74, 6) is 0.579. The third-order valence-corrected chi connectivity index (χ3v) is 6.08. The van der Waals surface area contributed by atoms with Gasteiger partial charge in [-0.1, -0.05) is 12.1 Å². The van der Waals surface area contributed by atoms with Crippen LogP contribution in [0, 0.1) is 0 Å². The first-order valence-electron chi connectivity index (χ1n) is 11.2. The predicted molar refractivity (Wildman–Crippen MR) is 127 cm³/mol. The van der Waals surface area contributed by atoms with E-state index in [1.807, 2.05) is 18.2 Å². The summed E-state index contributed by atoms with van der Waals surface area (Å²) in [4.78, 5) is 25.7. The van der Waals surface area contributed by atoms with Gasteiger partial charge in [-0.15, -0.1) is 0 Å². The topological polar surface area (TPSA) is 79.8 Å². The van der Waals surface area contributed by atoms with Crippen LogP contribution < -0.4 is 10.6 Å². The molecule has 1 saturated heterocycles. The molecule has 1 fully saturated rings. The lowest BCUT2D eigenvalue weighted by Gasteiger charge is -2.23. The summed E-state index contributed by atoms with van der Waals surface area (Å²) in [5, 5.41) is 6.98. The normalized spacial score (nSPS) is 14.4. The number of anilines is 1. The molecule has 3 aromatic heterocycles. The third kappa shape index (κ3) is 4.77. The summed E-state index contributed by atoms with van der Waals surface area (Å²) >= 11 is 0. The number of nitrogens with one attached hydrogen (secondary N) is 2. The summed E-state index contributed by atoms with van der Waals surface area (Å²) in [5.41, 5.74) is 3.20. The number of pyridine rings is 3. The van der Waals surface area contributed by atoms with Gasteiger partial charge in [0, 0.05) is 46.7 Å². The first-order chi connectivity index (χ1) is 16.6. The van der Waals surface area contributed by atoms with E-state index < -0.39 is 6.43 Å². The van der Waals surface area contributed by atoms with E-state index in [-0.39, 0.29) is 11.5 Å². The van der Waals surface area contributed by atoms with E-state index >= 15 is 0 Å². The van der Waals surface area contributed by atoms with Crippen molar-refractivity contribution in [2.75, 3.05) is 18.4 Å². The summed E-state index contributed by atoms with van der Waals surface area (Å²) in [6.07, 6.45) is 3.78. The molecule has 0 bridgehead atoms. The van der Waals surface area contributed by atoms with Gasteiger partial charge in [0.05, 0.1) is 11.2 Å². The van der Waals surface area contributed by atoms with Crippen molar-refractivity contribution in [2.24, 2.45) is 0 Å². The van der Waals surface area contributed by atoms with Crippen molar-refractivity contribution < 1.29 is 13.6 Å². The Hall–Kier alpha value is -3.78. The highest BCUT2D eigenvalue weighted by Crippen LogP contribution is 2.27. The van der Waals surface area contributed by atoms with Crippen molar-refractivity contribution in [1.29, 1.82) is 0 Å². The lowest BCUT2D eigenvalue weighted by molar-refractivity contribution is 0.102. The number of piperidine rings is 1. The maximum atomic E-state index is 13.0. The Morgan fingerprint density at radius 3 is 2.71 bits per heavy atom. The van der Waals surface area contributed by atoms with E-state index in [0.717, 1.165) is 37.5 Å². The highest BCUT2D eigenvalue weighted by molar-refractivity contribution is 6.04. The Labute approximate surface area is 195 Å². The van der Waals surface area contributed by atoms with Crippen LogP contribution >= 0.6 is 0 Å². The highest BCUT2D eigenvalue weighted by atomic mass is 19.3. The van der Waals surface area contributed by atoms with Crippen LogP contribution in [0.25, 0.3) is 22.2 Å².